The molecule has 38 heavy (non-hydrogen) atoms. The number of nitrogens with one attached hydrogen (secondary N) is 2. The van der Waals surface area contributed by atoms with Gasteiger partial charge in [-0.05, 0) is 69.2 Å². The van der Waals surface area contributed by atoms with E-state index in [0.29, 0.717) is 29.1 Å². The first kappa shape index (κ1) is 27.9. The molecule has 0 spiro atoms. The summed E-state index contributed by atoms with van der Waals surface area (Å²) in [6.45, 7) is 1.79. The molecule has 0 radical (unpaired) electrons. The first-order valence-electron chi connectivity index (χ1n) is 12.8. The fourth-order valence-electron chi connectivity index (χ4n) is 4.88. The maximum absolute atomic E-state index is 13.1. The molecule has 202 valence electrons. The monoisotopic (exact) mass is 556 g/mol. The van der Waals surface area contributed by atoms with Gasteiger partial charge < -0.3 is 20.5 Å². The van der Waals surface area contributed by atoms with Crippen molar-refractivity contribution in [1.82, 2.24) is 0 Å². The zero-order chi connectivity index (χ0) is 27.2. The van der Waals surface area contributed by atoms with Crippen LogP contribution < -0.4 is 10.6 Å². The molecule has 2 amide bonds. The SMILES string of the molecule is COC(=O)c1c(NC(=O)C(C)Sc2cccc(NC(=O)C3CC=CCC3C(=O)O)c2)sc2c1CCCCC2. The lowest BCUT2D eigenvalue weighted by Crippen LogP contribution is -2.34. The van der Waals surface area contributed by atoms with Crippen molar-refractivity contribution in [3.8, 4) is 0 Å². The molecule has 2 aliphatic rings. The van der Waals surface area contributed by atoms with E-state index in [4.69, 9.17) is 4.74 Å². The summed E-state index contributed by atoms with van der Waals surface area (Å²) in [5, 5.41) is 15.3. The van der Waals surface area contributed by atoms with Gasteiger partial charge in [0, 0.05) is 15.5 Å². The second-order valence-corrected chi connectivity index (χ2v) is 12.0. The summed E-state index contributed by atoms with van der Waals surface area (Å²) in [5.41, 5.74) is 2.01. The Balaban J connectivity index is 1.42. The lowest BCUT2D eigenvalue weighted by atomic mass is 9.82. The summed E-state index contributed by atoms with van der Waals surface area (Å²) >= 11 is 2.79. The van der Waals surface area contributed by atoms with Crippen LogP contribution in [0.25, 0.3) is 0 Å². The van der Waals surface area contributed by atoms with Crippen LogP contribution in [0, 0.1) is 11.8 Å². The molecule has 2 aromatic rings. The summed E-state index contributed by atoms with van der Waals surface area (Å²) in [7, 11) is 1.35. The third-order valence-electron chi connectivity index (χ3n) is 6.92. The van der Waals surface area contributed by atoms with Crippen LogP contribution in [0.2, 0.25) is 0 Å². The minimum atomic E-state index is -0.976. The number of thiophene rings is 1. The molecule has 1 heterocycles. The maximum Gasteiger partial charge on any atom is 0.341 e. The van der Waals surface area contributed by atoms with Gasteiger partial charge in [-0.3, -0.25) is 14.4 Å². The molecule has 4 rings (SSSR count). The Kier molecular flexibility index (Phi) is 9.27. The van der Waals surface area contributed by atoms with Crippen molar-refractivity contribution in [3.05, 3.63) is 52.4 Å². The predicted octanol–water partition coefficient (Wildman–Crippen LogP) is 5.53. The summed E-state index contributed by atoms with van der Waals surface area (Å²) in [4.78, 5) is 52.0. The molecular formula is C28H32N2O6S2. The van der Waals surface area contributed by atoms with Crippen LogP contribution in [0.3, 0.4) is 0 Å². The van der Waals surface area contributed by atoms with Gasteiger partial charge in [0.25, 0.3) is 0 Å². The van der Waals surface area contributed by atoms with E-state index in [9.17, 15) is 24.3 Å². The third kappa shape index (κ3) is 6.47. The van der Waals surface area contributed by atoms with Crippen molar-refractivity contribution in [2.75, 3.05) is 17.7 Å². The lowest BCUT2D eigenvalue weighted by Gasteiger charge is -2.24. The van der Waals surface area contributed by atoms with Gasteiger partial charge in [-0.25, -0.2) is 4.79 Å². The second kappa shape index (κ2) is 12.6. The predicted molar refractivity (Wildman–Crippen MR) is 149 cm³/mol. The fraction of sp³-hybridized carbons (Fsp3) is 0.429. The molecule has 1 aromatic carbocycles. The minimum absolute atomic E-state index is 0.232. The number of aryl methyl sites for hydroxylation is 1. The number of hydrogen-bond donors (Lipinski definition) is 3. The maximum atomic E-state index is 13.1. The van der Waals surface area contributed by atoms with E-state index in [0.717, 1.165) is 47.4 Å². The van der Waals surface area contributed by atoms with Crippen molar-refractivity contribution < 1.29 is 29.0 Å². The van der Waals surface area contributed by atoms with Crippen LogP contribution >= 0.6 is 23.1 Å². The molecule has 0 saturated heterocycles. The van der Waals surface area contributed by atoms with E-state index in [1.807, 2.05) is 12.1 Å². The van der Waals surface area contributed by atoms with Crippen LogP contribution in [-0.4, -0.2) is 41.2 Å². The number of allylic oxidation sites excluding steroid dienone is 2. The average Bonchev–Trinajstić information content (AvgIpc) is 3.07. The summed E-state index contributed by atoms with van der Waals surface area (Å²) in [6, 6.07) is 7.14. The molecule has 1 aromatic heterocycles. The molecule has 3 atom stereocenters. The number of carboxylic acids is 1. The zero-order valence-corrected chi connectivity index (χ0v) is 23.1. The lowest BCUT2D eigenvalue weighted by molar-refractivity contribution is -0.146. The van der Waals surface area contributed by atoms with Gasteiger partial charge in [-0.2, -0.15) is 0 Å². The molecule has 10 heteroatoms. The number of thioether (sulfide) groups is 1. The average molecular weight is 557 g/mol. The number of benzene rings is 1. The Morgan fingerprint density at radius 2 is 1.79 bits per heavy atom. The number of carbonyl (C=O) groups is 4. The molecular weight excluding hydrogens is 524 g/mol. The molecule has 2 aliphatic carbocycles. The molecule has 8 nitrogen and oxygen atoms in total. The highest BCUT2D eigenvalue weighted by Crippen LogP contribution is 2.38. The van der Waals surface area contributed by atoms with Crippen molar-refractivity contribution in [3.63, 3.8) is 0 Å². The summed E-state index contributed by atoms with van der Waals surface area (Å²) in [6.07, 6.45) is 9.25. The van der Waals surface area contributed by atoms with E-state index in [-0.39, 0.29) is 11.8 Å². The number of methoxy groups -OCH3 is 1. The van der Waals surface area contributed by atoms with Crippen LogP contribution in [0.4, 0.5) is 10.7 Å². The quantitative estimate of drug-likeness (QED) is 0.169. The number of anilines is 2. The molecule has 0 bridgehead atoms. The number of carbonyl (C=O) groups excluding carboxylic acids is 3. The first-order valence-corrected chi connectivity index (χ1v) is 14.5. The zero-order valence-electron chi connectivity index (χ0n) is 21.5. The van der Waals surface area contributed by atoms with Gasteiger partial charge in [0.05, 0.1) is 29.8 Å². The number of rotatable bonds is 8. The molecule has 0 fully saturated rings. The van der Waals surface area contributed by atoms with Crippen LogP contribution in [-0.2, 0) is 32.0 Å². The van der Waals surface area contributed by atoms with E-state index in [2.05, 4.69) is 10.6 Å². The van der Waals surface area contributed by atoms with Gasteiger partial charge in [-0.1, -0.05) is 24.6 Å². The molecule has 0 aliphatic heterocycles. The van der Waals surface area contributed by atoms with Crippen molar-refractivity contribution in [1.29, 1.82) is 0 Å². The van der Waals surface area contributed by atoms with Crippen LogP contribution in [0.15, 0.2) is 41.3 Å². The third-order valence-corrected chi connectivity index (χ3v) is 9.22. The highest BCUT2D eigenvalue weighted by Gasteiger charge is 2.34. The van der Waals surface area contributed by atoms with E-state index >= 15 is 0 Å². The number of fused-ring (bicyclic) bond motifs is 1. The van der Waals surface area contributed by atoms with E-state index in [1.165, 1.54) is 30.2 Å². The smallest absolute Gasteiger partial charge is 0.341 e. The Morgan fingerprint density at radius 3 is 2.53 bits per heavy atom. The van der Waals surface area contributed by atoms with Gasteiger partial charge >= 0.3 is 11.9 Å². The van der Waals surface area contributed by atoms with Crippen molar-refractivity contribution in [2.45, 2.75) is 62.0 Å². The van der Waals surface area contributed by atoms with Gasteiger partial charge in [0.1, 0.15) is 5.00 Å². The van der Waals surface area contributed by atoms with Crippen LogP contribution in [0.5, 0.6) is 0 Å². The Labute approximate surface area is 230 Å². The number of aliphatic carboxylic acids is 1. The Bertz CT molecular complexity index is 1250. The highest BCUT2D eigenvalue weighted by molar-refractivity contribution is 8.00. The van der Waals surface area contributed by atoms with Gasteiger partial charge in [-0.15, -0.1) is 23.1 Å². The molecule has 3 unspecified atom stereocenters. The molecule has 3 N–H and O–H groups in total. The number of esters is 1. The Hall–Kier alpha value is -3.11. The normalized spacial score (nSPS) is 19.5. The van der Waals surface area contributed by atoms with E-state index in [1.54, 1.807) is 31.2 Å². The van der Waals surface area contributed by atoms with Gasteiger partial charge in [0.2, 0.25) is 11.8 Å². The second-order valence-electron chi connectivity index (χ2n) is 9.52. The van der Waals surface area contributed by atoms with Crippen molar-refractivity contribution >= 4 is 57.5 Å². The number of carboxylic acid groups (broad SMARTS) is 1. The summed E-state index contributed by atoms with van der Waals surface area (Å²) in [5.74, 6) is -3.35. The first-order chi connectivity index (χ1) is 18.3. The van der Waals surface area contributed by atoms with E-state index < -0.39 is 29.0 Å². The number of ether oxygens (including phenoxy) is 1. The minimum Gasteiger partial charge on any atom is -0.481 e. The van der Waals surface area contributed by atoms with Crippen molar-refractivity contribution in [2.24, 2.45) is 11.8 Å². The Morgan fingerprint density at radius 1 is 1.05 bits per heavy atom. The molecule has 0 saturated carbocycles. The number of amides is 2. The van der Waals surface area contributed by atoms with Gasteiger partial charge in [0.15, 0.2) is 0 Å². The summed E-state index contributed by atoms with van der Waals surface area (Å²) < 4.78 is 5.03. The van der Waals surface area contributed by atoms with Crippen LogP contribution in [0.1, 0.15) is 59.8 Å². The number of hydrogen-bond acceptors (Lipinski definition) is 7. The highest BCUT2D eigenvalue weighted by atomic mass is 32.2. The largest absolute Gasteiger partial charge is 0.481 e. The topological polar surface area (TPSA) is 122 Å². The standard InChI is InChI=1S/C28H32N2O6S2/c1-16(24(31)30-26-23(28(35)36-2)21-13-4-3-5-14-22(21)38-26)37-18-10-8-9-17(15-18)29-25(32)19-11-6-7-12-20(19)27(33)34/h6-10,15-16,19-20H,3-5,11-14H2,1-2H3,(H,29,32)(H,30,31)(H,33,34). The fourth-order valence-corrected chi connectivity index (χ4v) is 7.09.